The lowest BCUT2D eigenvalue weighted by Crippen LogP contribution is -2.72. The van der Waals surface area contributed by atoms with Gasteiger partial charge in [-0.15, -0.1) is 0 Å². The summed E-state index contributed by atoms with van der Waals surface area (Å²) in [7, 11) is 0. The van der Waals surface area contributed by atoms with Gasteiger partial charge in [-0.1, -0.05) is 6.08 Å². The Hall–Kier alpha value is -1.52. The molecule has 23 atom stereocenters. The molecule has 4 bridgehead atoms. The molecule has 23 unspecified atom stereocenters. The van der Waals surface area contributed by atoms with Crippen LogP contribution in [0, 0.1) is 82.9 Å². The van der Waals surface area contributed by atoms with Gasteiger partial charge in [0.15, 0.2) is 0 Å². The normalized spacial score (nSPS) is 53.7. The van der Waals surface area contributed by atoms with Crippen molar-refractivity contribution in [3.8, 4) is 0 Å². The lowest BCUT2D eigenvalue weighted by molar-refractivity contribution is -0.315. The Balaban J connectivity index is 1.29. The molecule has 13 nitrogen and oxygen atoms in total. The topological polar surface area (TPSA) is 219 Å². The van der Waals surface area contributed by atoms with Crippen LogP contribution in [-0.4, -0.2) is 113 Å². The number of allylic oxidation sites excluding steroid dienone is 1. The van der Waals surface area contributed by atoms with Gasteiger partial charge in [-0.2, -0.15) is 0 Å². The summed E-state index contributed by atoms with van der Waals surface area (Å²) in [4.78, 5) is 28.4. The lowest BCUT2D eigenvalue weighted by Gasteiger charge is -2.64. The SMILES string of the molecule is CC=C(C)C(=O)OC1CC2C(O)C3C(=O)CC(CO)OC3C3C2OC1(C)C1CC2CNC(N)CC2CCC1C1CCC2CCC(O)CC2C(CO)C3C2CCNC(N)C12. The first-order chi connectivity index (χ1) is 28.4. The Labute approximate surface area is 350 Å². The van der Waals surface area contributed by atoms with Crippen molar-refractivity contribution in [2.75, 3.05) is 26.3 Å². The molecule has 59 heavy (non-hydrogen) atoms. The van der Waals surface area contributed by atoms with E-state index in [1.807, 2.05) is 6.92 Å². The number of nitrogens with one attached hydrogen (secondary N) is 2. The minimum atomic E-state index is -1.12. The minimum absolute atomic E-state index is 0.00815. The fourth-order valence-corrected chi connectivity index (χ4v) is 15.9. The molecule has 0 aromatic carbocycles. The summed E-state index contributed by atoms with van der Waals surface area (Å²) in [6.07, 6.45) is 6.27. The summed E-state index contributed by atoms with van der Waals surface area (Å²) in [5.41, 5.74) is 13.6. The number of nitrogens with two attached hydrogens (primary N) is 2. The summed E-state index contributed by atoms with van der Waals surface area (Å²) in [5.74, 6) is -1.25. The molecule has 5 saturated heterocycles. The van der Waals surface area contributed by atoms with Crippen molar-refractivity contribution in [1.82, 2.24) is 10.6 Å². The van der Waals surface area contributed by atoms with Crippen LogP contribution in [-0.2, 0) is 23.8 Å². The van der Waals surface area contributed by atoms with Crippen molar-refractivity contribution in [1.29, 1.82) is 0 Å². The number of carbonyl (C=O) groups is 2. The number of hydrogen-bond donors (Lipinski definition) is 8. The number of hydrogen-bond acceptors (Lipinski definition) is 13. The molecule has 10 N–H and O–H groups in total. The molecule has 9 aliphatic rings. The van der Waals surface area contributed by atoms with Crippen LogP contribution in [0.25, 0.3) is 0 Å². The second kappa shape index (κ2) is 16.9. The van der Waals surface area contributed by atoms with Crippen LogP contribution in [0.5, 0.6) is 0 Å². The molecule has 5 aliphatic heterocycles. The molecule has 4 aliphatic carbocycles. The first-order valence-electron chi connectivity index (χ1n) is 23.6. The van der Waals surface area contributed by atoms with E-state index in [2.05, 4.69) is 17.6 Å². The van der Waals surface area contributed by atoms with Gasteiger partial charge < -0.3 is 56.7 Å². The zero-order valence-corrected chi connectivity index (χ0v) is 35.6. The fourth-order valence-electron chi connectivity index (χ4n) is 15.9. The second-order valence-corrected chi connectivity index (χ2v) is 21.1. The number of esters is 1. The number of aliphatic hydroxyl groups excluding tert-OH is 4. The molecule has 5 heterocycles. The zero-order chi connectivity index (χ0) is 41.5. The molecule has 4 saturated carbocycles. The Morgan fingerprint density at radius 2 is 1.61 bits per heavy atom. The summed E-state index contributed by atoms with van der Waals surface area (Å²) < 4.78 is 21.5. The summed E-state index contributed by atoms with van der Waals surface area (Å²) in [6.45, 7) is 6.92. The fraction of sp³-hybridized carbons (Fsp3) is 0.913. The molecular formula is C46H74N4O9. The van der Waals surface area contributed by atoms with Crippen LogP contribution >= 0.6 is 0 Å². The molecule has 332 valence electrons. The van der Waals surface area contributed by atoms with E-state index in [-0.39, 0.29) is 85.1 Å². The number of Topliss-reactive ketones (excluding diaryl/α,β-unsaturated/α-hetero) is 1. The highest BCUT2D eigenvalue weighted by Crippen LogP contribution is 2.63. The molecule has 13 heteroatoms. The van der Waals surface area contributed by atoms with Gasteiger partial charge in [0.05, 0.1) is 55.4 Å². The van der Waals surface area contributed by atoms with Gasteiger partial charge in [-0.25, -0.2) is 4.79 Å². The standard InChI is InChI=1S/C46H74N4O9/c1-4-21(2)45(56)58-35-17-31-41(55)39-34(54)16-26(19-51)57-43(39)40-37-29-11-12-49-44(48)38(29)28(10-6-22-5-8-25(53)15-30(22)32(37)20-52)27-9-7-23-14-36(47)50-18-24(23)13-33(27)46(35,3)59-42(31)40/h4,22-33,35-44,49-53,55H,5-20,47-48H2,1-3H3. The maximum absolute atomic E-state index is 14.4. The van der Waals surface area contributed by atoms with E-state index in [0.717, 1.165) is 70.9 Å². The van der Waals surface area contributed by atoms with Crippen molar-refractivity contribution >= 4 is 11.8 Å². The number of rotatable bonds is 4. The van der Waals surface area contributed by atoms with Gasteiger partial charge in [-0.05, 0) is 170 Å². The maximum atomic E-state index is 14.4. The highest BCUT2D eigenvalue weighted by molar-refractivity contribution is 5.87. The van der Waals surface area contributed by atoms with Gasteiger partial charge in [-0.3, -0.25) is 4.79 Å². The highest BCUT2D eigenvalue weighted by atomic mass is 16.6. The number of fused-ring (bicyclic) bond motifs is 9. The zero-order valence-electron chi connectivity index (χ0n) is 35.6. The summed E-state index contributed by atoms with van der Waals surface area (Å²) >= 11 is 0. The summed E-state index contributed by atoms with van der Waals surface area (Å²) in [5, 5.41) is 53.7. The van der Waals surface area contributed by atoms with Crippen LogP contribution in [0.1, 0.15) is 97.8 Å². The first-order valence-corrected chi connectivity index (χ1v) is 23.6. The van der Waals surface area contributed by atoms with Crippen LogP contribution in [0.2, 0.25) is 0 Å². The van der Waals surface area contributed by atoms with E-state index in [4.69, 9.17) is 25.7 Å². The molecule has 0 aromatic rings. The van der Waals surface area contributed by atoms with Crippen molar-refractivity contribution in [3.05, 3.63) is 11.6 Å². The van der Waals surface area contributed by atoms with E-state index in [0.29, 0.717) is 36.2 Å². The van der Waals surface area contributed by atoms with E-state index >= 15 is 0 Å². The average Bonchev–Trinajstić information content (AvgIpc) is 3.37. The quantitative estimate of drug-likeness (QED) is 0.151. The maximum Gasteiger partial charge on any atom is 0.333 e. The molecular weight excluding hydrogens is 753 g/mol. The van der Waals surface area contributed by atoms with Gasteiger partial charge in [0, 0.05) is 30.4 Å². The van der Waals surface area contributed by atoms with Crippen molar-refractivity contribution < 1.29 is 44.2 Å². The third-order valence-corrected chi connectivity index (χ3v) is 18.7. The van der Waals surface area contributed by atoms with Crippen molar-refractivity contribution in [2.45, 2.75) is 152 Å². The molecule has 0 spiro atoms. The Bertz CT molecular complexity index is 1580. The monoisotopic (exact) mass is 827 g/mol. The van der Waals surface area contributed by atoms with E-state index < -0.39 is 65.9 Å². The van der Waals surface area contributed by atoms with Crippen molar-refractivity contribution in [3.63, 3.8) is 0 Å². The predicted molar refractivity (Wildman–Crippen MR) is 219 cm³/mol. The van der Waals surface area contributed by atoms with E-state index in [1.54, 1.807) is 13.0 Å². The van der Waals surface area contributed by atoms with Crippen LogP contribution in [0.4, 0.5) is 0 Å². The highest BCUT2D eigenvalue weighted by Gasteiger charge is 2.68. The smallest absolute Gasteiger partial charge is 0.333 e. The van der Waals surface area contributed by atoms with Crippen LogP contribution in [0.3, 0.4) is 0 Å². The van der Waals surface area contributed by atoms with Crippen LogP contribution in [0.15, 0.2) is 11.6 Å². The summed E-state index contributed by atoms with van der Waals surface area (Å²) in [6, 6.07) is 0. The molecule has 0 aromatic heterocycles. The minimum Gasteiger partial charge on any atom is -0.456 e. The average molecular weight is 827 g/mol. The van der Waals surface area contributed by atoms with Crippen molar-refractivity contribution in [2.24, 2.45) is 94.3 Å². The van der Waals surface area contributed by atoms with Gasteiger partial charge in [0.1, 0.15) is 17.5 Å². The Morgan fingerprint density at radius 1 is 0.847 bits per heavy atom. The molecule has 0 amide bonds. The molecule has 9 fully saturated rings. The van der Waals surface area contributed by atoms with Gasteiger partial charge >= 0.3 is 5.97 Å². The number of piperidine rings is 2. The second-order valence-electron chi connectivity index (χ2n) is 21.1. The molecule has 0 radical (unpaired) electrons. The number of carbonyl (C=O) groups excluding carboxylic acids is 2. The van der Waals surface area contributed by atoms with E-state index in [1.165, 1.54) is 0 Å². The van der Waals surface area contributed by atoms with Gasteiger partial charge in [0.2, 0.25) is 0 Å². The largest absolute Gasteiger partial charge is 0.456 e. The third-order valence-electron chi connectivity index (χ3n) is 18.7. The Kier molecular flexibility index (Phi) is 12.2. The third kappa shape index (κ3) is 7.31. The lowest BCUT2D eigenvalue weighted by atomic mass is 9.49. The van der Waals surface area contributed by atoms with E-state index in [9.17, 15) is 30.0 Å². The number of ketones is 1. The predicted octanol–water partition coefficient (Wildman–Crippen LogP) is 2.22. The first kappa shape index (κ1) is 42.8. The van der Waals surface area contributed by atoms with Crippen LogP contribution < -0.4 is 22.1 Å². The number of ether oxygens (including phenoxy) is 3. The Morgan fingerprint density at radius 3 is 2.37 bits per heavy atom. The van der Waals surface area contributed by atoms with Gasteiger partial charge in [0.25, 0.3) is 0 Å². The molecule has 9 rings (SSSR count). The number of aliphatic hydroxyl groups is 4.